The minimum Gasteiger partial charge on any atom is -0.493 e. The molecule has 7 heteroatoms. The number of alkyl halides is 2. The van der Waals surface area contributed by atoms with Gasteiger partial charge in [-0.05, 0) is 30.2 Å². The number of halogens is 2. The molecular formula is C21H23F2NO4. The summed E-state index contributed by atoms with van der Waals surface area (Å²) in [6, 6.07) is 11.7. The molecule has 1 N–H and O–H groups in total. The van der Waals surface area contributed by atoms with Gasteiger partial charge in [0.05, 0.1) is 19.4 Å². The molecule has 0 spiro atoms. The zero-order chi connectivity index (χ0) is 20.5. The molecule has 0 saturated heterocycles. The molecule has 0 bridgehead atoms. The molecule has 2 rings (SSSR count). The van der Waals surface area contributed by atoms with Crippen molar-refractivity contribution < 1.29 is 27.8 Å². The van der Waals surface area contributed by atoms with E-state index in [1.165, 1.54) is 25.3 Å². The standard InChI is InChI=1S/C21H23F2NO4/c1-14(2)13-27-17-9-5-4-8-16(17)24-19(25)12-11-15-7-6-10-18(26-3)20(15)28-21(22)23/h4-12,14,21H,13H2,1-3H3,(H,24,25)/b12-11+. The Morgan fingerprint density at radius 1 is 1.11 bits per heavy atom. The predicted molar refractivity (Wildman–Crippen MR) is 104 cm³/mol. The third-order valence-corrected chi connectivity index (χ3v) is 3.57. The fraction of sp³-hybridized carbons (Fsp3) is 0.286. The maximum Gasteiger partial charge on any atom is 0.387 e. The Hall–Kier alpha value is -3.09. The molecule has 28 heavy (non-hydrogen) atoms. The van der Waals surface area contributed by atoms with Gasteiger partial charge in [-0.15, -0.1) is 0 Å². The lowest BCUT2D eigenvalue weighted by atomic mass is 10.1. The molecule has 0 aliphatic rings. The summed E-state index contributed by atoms with van der Waals surface area (Å²) in [5, 5.41) is 2.72. The normalized spacial score (nSPS) is 11.1. The topological polar surface area (TPSA) is 56.8 Å². The van der Waals surface area contributed by atoms with Gasteiger partial charge < -0.3 is 19.5 Å². The number of amides is 1. The molecule has 2 aromatic carbocycles. The van der Waals surface area contributed by atoms with Crippen LogP contribution in [0.15, 0.2) is 48.5 Å². The molecule has 0 radical (unpaired) electrons. The average molecular weight is 391 g/mol. The van der Waals surface area contributed by atoms with Crippen LogP contribution in [0.25, 0.3) is 6.08 Å². The van der Waals surface area contributed by atoms with Crippen molar-refractivity contribution in [2.45, 2.75) is 20.5 Å². The van der Waals surface area contributed by atoms with E-state index in [1.807, 2.05) is 19.9 Å². The molecule has 0 aromatic heterocycles. The minimum absolute atomic E-state index is 0.135. The van der Waals surface area contributed by atoms with E-state index in [1.54, 1.807) is 30.3 Å². The first-order valence-electron chi connectivity index (χ1n) is 8.73. The smallest absolute Gasteiger partial charge is 0.387 e. The van der Waals surface area contributed by atoms with Crippen molar-refractivity contribution in [1.82, 2.24) is 0 Å². The van der Waals surface area contributed by atoms with Crippen LogP contribution in [0.4, 0.5) is 14.5 Å². The van der Waals surface area contributed by atoms with Crippen molar-refractivity contribution >= 4 is 17.7 Å². The van der Waals surface area contributed by atoms with Gasteiger partial charge in [0.25, 0.3) is 0 Å². The molecule has 1 amide bonds. The first kappa shape index (κ1) is 21.2. The van der Waals surface area contributed by atoms with Crippen LogP contribution in [0.1, 0.15) is 19.4 Å². The number of benzene rings is 2. The van der Waals surface area contributed by atoms with Gasteiger partial charge >= 0.3 is 6.61 Å². The molecule has 0 heterocycles. The number of carbonyl (C=O) groups excluding carboxylic acids is 1. The molecule has 0 atom stereocenters. The van der Waals surface area contributed by atoms with E-state index in [-0.39, 0.29) is 11.5 Å². The summed E-state index contributed by atoms with van der Waals surface area (Å²) >= 11 is 0. The summed E-state index contributed by atoms with van der Waals surface area (Å²) in [5.41, 5.74) is 0.812. The van der Waals surface area contributed by atoms with E-state index in [9.17, 15) is 13.6 Å². The van der Waals surface area contributed by atoms with Crippen LogP contribution >= 0.6 is 0 Å². The molecule has 0 unspecified atom stereocenters. The van der Waals surface area contributed by atoms with Crippen molar-refractivity contribution in [3.05, 3.63) is 54.1 Å². The van der Waals surface area contributed by atoms with Crippen LogP contribution < -0.4 is 19.5 Å². The van der Waals surface area contributed by atoms with Crippen molar-refractivity contribution in [3.8, 4) is 17.2 Å². The van der Waals surface area contributed by atoms with E-state index in [2.05, 4.69) is 10.1 Å². The zero-order valence-electron chi connectivity index (χ0n) is 15.9. The Balaban J connectivity index is 2.15. The molecule has 0 fully saturated rings. The summed E-state index contributed by atoms with van der Waals surface area (Å²) in [7, 11) is 1.35. The second-order valence-corrected chi connectivity index (χ2v) is 6.28. The van der Waals surface area contributed by atoms with Gasteiger partial charge in [-0.25, -0.2) is 0 Å². The summed E-state index contributed by atoms with van der Waals surface area (Å²) < 4.78 is 40.6. The second-order valence-electron chi connectivity index (χ2n) is 6.28. The van der Waals surface area contributed by atoms with Crippen molar-refractivity contribution in [2.24, 2.45) is 5.92 Å². The van der Waals surface area contributed by atoms with E-state index < -0.39 is 12.5 Å². The van der Waals surface area contributed by atoms with Gasteiger partial charge in [0.15, 0.2) is 11.5 Å². The van der Waals surface area contributed by atoms with Crippen LogP contribution in [0.2, 0.25) is 0 Å². The SMILES string of the molecule is COc1cccc(/C=C/C(=O)Nc2ccccc2OCC(C)C)c1OC(F)F. The Morgan fingerprint density at radius 3 is 2.50 bits per heavy atom. The molecule has 0 saturated carbocycles. The first-order valence-corrected chi connectivity index (χ1v) is 8.73. The van der Waals surface area contributed by atoms with Gasteiger partial charge in [0, 0.05) is 11.6 Å². The van der Waals surface area contributed by atoms with Gasteiger partial charge in [0.1, 0.15) is 5.75 Å². The number of anilines is 1. The van der Waals surface area contributed by atoms with E-state index in [4.69, 9.17) is 9.47 Å². The number of methoxy groups -OCH3 is 1. The highest BCUT2D eigenvalue weighted by Crippen LogP contribution is 2.33. The van der Waals surface area contributed by atoms with Crippen molar-refractivity contribution in [2.75, 3.05) is 19.0 Å². The fourth-order valence-corrected chi connectivity index (χ4v) is 2.33. The van der Waals surface area contributed by atoms with Crippen LogP contribution in [0.5, 0.6) is 17.2 Å². The number of rotatable bonds is 9. The van der Waals surface area contributed by atoms with Crippen LogP contribution in [-0.4, -0.2) is 26.2 Å². The maximum absolute atomic E-state index is 12.7. The second kappa shape index (κ2) is 10.3. The summed E-state index contributed by atoms with van der Waals surface area (Å²) in [5.74, 6) is 0.470. The van der Waals surface area contributed by atoms with Crippen LogP contribution in [0, 0.1) is 5.92 Å². The molecular weight excluding hydrogens is 368 g/mol. The summed E-state index contributed by atoms with van der Waals surface area (Å²) in [6.45, 7) is 1.55. The van der Waals surface area contributed by atoms with Crippen LogP contribution in [0.3, 0.4) is 0 Å². The minimum atomic E-state index is -3.01. The monoisotopic (exact) mass is 391 g/mol. The number of hydrogen-bond acceptors (Lipinski definition) is 4. The molecule has 0 aliphatic heterocycles. The van der Waals surface area contributed by atoms with Crippen molar-refractivity contribution in [1.29, 1.82) is 0 Å². The lowest BCUT2D eigenvalue weighted by molar-refractivity contribution is -0.111. The third-order valence-electron chi connectivity index (χ3n) is 3.57. The molecule has 0 aliphatic carbocycles. The first-order chi connectivity index (χ1) is 13.4. The van der Waals surface area contributed by atoms with E-state index in [0.29, 0.717) is 29.5 Å². The molecule has 150 valence electrons. The van der Waals surface area contributed by atoms with Gasteiger partial charge in [-0.3, -0.25) is 4.79 Å². The highest BCUT2D eigenvalue weighted by atomic mass is 19.3. The molecule has 5 nitrogen and oxygen atoms in total. The lowest BCUT2D eigenvalue weighted by Gasteiger charge is -2.13. The van der Waals surface area contributed by atoms with Gasteiger partial charge in [-0.2, -0.15) is 8.78 Å². The Bertz CT molecular complexity index is 822. The van der Waals surface area contributed by atoms with Crippen LogP contribution in [-0.2, 0) is 4.79 Å². The predicted octanol–water partition coefficient (Wildman–Crippen LogP) is 4.98. The van der Waals surface area contributed by atoms with E-state index >= 15 is 0 Å². The quantitative estimate of drug-likeness (QED) is 0.613. The number of hydrogen-bond donors (Lipinski definition) is 1. The number of nitrogens with one attached hydrogen (secondary N) is 1. The van der Waals surface area contributed by atoms with Gasteiger partial charge in [-0.1, -0.05) is 38.1 Å². The lowest BCUT2D eigenvalue weighted by Crippen LogP contribution is -2.11. The largest absolute Gasteiger partial charge is 0.493 e. The fourth-order valence-electron chi connectivity index (χ4n) is 2.33. The van der Waals surface area contributed by atoms with E-state index in [0.717, 1.165) is 0 Å². The highest BCUT2D eigenvalue weighted by molar-refractivity contribution is 6.03. The Kier molecular flexibility index (Phi) is 7.80. The number of para-hydroxylation sites is 3. The maximum atomic E-state index is 12.7. The summed E-state index contributed by atoms with van der Waals surface area (Å²) in [6.07, 6.45) is 2.61. The third kappa shape index (κ3) is 6.26. The Morgan fingerprint density at radius 2 is 1.82 bits per heavy atom. The highest BCUT2D eigenvalue weighted by Gasteiger charge is 2.14. The number of ether oxygens (including phenoxy) is 3. The molecule has 2 aromatic rings. The van der Waals surface area contributed by atoms with Crippen molar-refractivity contribution in [3.63, 3.8) is 0 Å². The zero-order valence-corrected chi connectivity index (χ0v) is 15.9. The van der Waals surface area contributed by atoms with Gasteiger partial charge in [0.2, 0.25) is 5.91 Å². The Labute approximate surface area is 162 Å². The number of carbonyl (C=O) groups is 1. The summed E-state index contributed by atoms with van der Waals surface area (Å²) in [4.78, 5) is 12.3. The average Bonchev–Trinajstić information content (AvgIpc) is 2.66.